The number of para-hydroxylation sites is 1. The molecule has 4 rings (SSSR count). The highest BCUT2D eigenvalue weighted by Crippen LogP contribution is 2.52. The van der Waals surface area contributed by atoms with Gasteiger partial charge in [0.1, 0.15) is 5.75 Å². The summed E-state index contributed by atoms with van der Waals surface area (Å²) in [4.78, 5) is 27.2. The Hall–Kier alpha value is -2.82. The number of methoxy groups -OCH3 is 1. The summed E-state index contributed by atoms with van der Waals surface area (Å²) in [5.41, 5.74) is 3.13. The molecule has 1 aliphatic carbocycles. The van der Waals surface area contributed by atoms with Gasteiger partial charge in [-0.25, -0.2) is 0 Å². The highest BCUT2D eigenvalue weighted by molar-refractivity contribution is 6.02. The van der Waals surface area contributed by atoms with Gasteiger partial charge in [0.2, 0.25) is 11.8 Å². The largest absolute Gasteiger partial charge is 0.496 e. The Morgan fingerprint density at radius 1 is 1.14 bits per heavy atom. The molecule has 1 saturated carbocycles. The van der Waals surface area contributed by atoms with E-state index in [-0.39, 0.29) is 11.8 Å². The third-order valence-electron chi connectivity index (χ3n) is 5.88. The van der Waals surface area contributed by atoms with Gasteiger partial charge in [-0.1, -0.05) is 18.2 Å². The molecule has 0 radical (unpaired) electrons. The standard InChI is InChI=1S/C23H26N2O3/c1-16-15-17(10-11-19(16)25-14-6-5-9-21(25)26)24-22(27)23(12-13-23)18-7-3-4-8-20(18)28-2/h3-4,7-8,10-11,15H,5-6,9,12-14H2,1-2H3,(H,24,27). The van der Waals surface area contributed by atoms with Crippen molar-refractivity contribution in [1.29, 1.82) is 0 Å². The molecule has 1 aliphatic heterocycles. The van der Waals surface area contributed by atoms with Crippen LogP contribution in [0.4, 0.5) is 11.4 Å². The zero-order valence-electron chi connectivity index (χ0n) is 16.5. The molecule has 1 saturated heterocycles. The number of carbonyl (C=O) groups excluding carboxylic acids is 2. The minimum Gasteiger partial charge on any atom is -0.496 e. The normalized spacial score (nSPS) is 17.9. The Kier molecular flexibility index (Phi) is 4.84. The number of anilines is 2. The second-order valence-electron chi connectivity index (χ2n) is 7.74. The number of carbonyl (C=O) groups is 2. The molecule has 0 unspecified atom stereocenters. The second-order valence-corrected chi connectivity index (χ2v) is 7.74. The van der Waals surface area contributed by atoms with Crippen LogP contribution in [0.25, 0.3) is 0 Å². The molecular weight excluding hydrogens is 352 g/mol. The zero-order chi connectivity index (χ0) is 19.7. The molecule has 5 heteroatoms. The topological polar surface area (TPSA) is 58.6 Å². The van der Waals surface area contributed by atoms with Crippen LogP contribution in [0, 0.1) is 6.92 Å². The van der Waals surface area contributed by atoms with Crippen molar-refractivity contribution in [3.8, 4) is 5.75 Å². The van der Waals surface area contributed by atoms with Gasteiger partial charge in [0.05, 0.1) is 12.5 Å². The van der Waals surface area contributed by atoms with E-state index in [1.165, 1.54) is 0 Å². The monoisotopic (exact) mass is 378 g/mol. The lowest BCUT2D eigenvalue weighted by molar-refractivity contribution is -0.120. The molecule has 146 valence electrons. The van der Waals surface area contributed by atoms with Crippen molar-refractivity contribution in [3.63, 3.8) is 0 Å². The number of hydrogen-bond acceptors (Lipinski definition) is 3. The lowest BCUT2D eigenvalue weighted by atomic mass is 9.93. The maximum atomic E-state index is 13.1. The van der Waals surface area contributed by atoms with Gasteiger partial charge in [-0.3, -0.25) is 9.59 Å². The maximum absolute atomic E-state index is 13.1. The Balaban J connectivity index is 1.54. The van der Waals surface area contributed by atoms with Crippen LogP contribution in [-0.2, 0) is 15.0 Å². The smallest absolute Gasteiger partial charge is 0.235 e. The van der Waals surface area contributed by atoms with E-state index in [9.17, 15) is 9.59 Å². The molecule has 1 heterocycles. The molecule has 0 aromatic heterocycles. The predicted molar refractivity (Wildman–Crippen MR) is 110 cm³/mol. The van der Waals surface area contributed by atoms with Crippen LogP contribution in [0.15, 0.2) is 42.5 Å². The molecule has 2 aromatic rings. The number of hydrogen-bond donors (Lipinski definition) is 1. The number of nitrogens with zero attached hydrogens (tertiary/aromatic N) is 1. The lowest BCUT2D eigenvalue weighted by Gasteiger charge is -2.28. The summed E-state index contributed by atoms with van der Waals surface area (Å²) in [6, 6.07) is 13.5. The SMILES string of the molecule is COc1ccccc1C1(C(=O)Nc2ccc(N3CCCCC3=O)c(C)c2)CC1. The van der Waals surface area contributed by atoms with Crippen molar-refractivity contribution in [2.45, 2.75) is 44.4 Å². The van der Waals surface area contributed by atoms with Gasteiger partial charge in [-0.15, -0.1) is 0 Å². The fourth-order valence-corrected chi connectivity index (χ4v) is 4.13. The summed E-state index contributed by atoms with van der Waals surface area (Å²) in [5, 5.41) is 3.08. The number of benzene rings is 2. The van der Waals surface area contributed by atoms with E-state index in [0.717, 1.165) is 60.5 Å². The van der Waals surface area contributed by atoms with Crippen LogP contribution in [0.5, 0.6) is 5.75 Å². The predicted octanol–water partition coefficient (Wildman–Crippen LogP) is 4.19. The molecule has 2 aromatic carbocycles. The van der Waals surface area contributed by atoms with Crippen molar-refractivity contribution >= 4 is 23.2 Å². The number of nitrogens with one attached hydrogen (secondary N) is 1. The van der Waals surface area contributed by atoms with Crippen molar-refractivity contribution < 1.29 is 14.3 Å². The summed E-state index contributed by atoms with van der Waals surface area (Å²) < 4.78 is 5.47. The minimum atomic E-state index is -0.512. The summed E-state index contributed by atoms with van der Waals surface area (Å²) in [6.45, 7) is 2.75. The summed E-state index contributed by atoms with van der Waals surface area (Å²) in [6.07, 6.45) is 4.25. The van der Waals surface area contributed by atoms with Gasteiger partial charge in [0.15, 0.2) is 0 Å². The maximum Gasteiger partial charge on any atom is 0.235 e. The fourth-order valence-electron chi connectivity index (χ4n) is 4.13. The molecule has 0 spiro atoms. The number of ether oxygens (including phenoxy) is 1. The average molecular weight is 378 g/mol. The third kappa shape index (κ3) is 3.26. The van der Waals surface area contributed by atoms with E-state index in [2.05, 4.69) is 5.32 Å². The van der Waals surface area contributed by atoms with Gasteiger partial charge < -0.3 is 15.0 Å². The first-order valence-electron chi connectivity index (χ1n) is 9.91. The average Bonchev–Trinajstić information content (AvgIpc) is 3.51. The Morgan fingerprint density at radius 2 is 1.93 bits per heavy atom. The fraction of sp³-hybridized carbons (Fsp3) is 0.391. The zero-order valence-corrected chi connectivity index (χ0v) is 16.5. The number of piperidine rings is 1. The van der Waals surface area contributed by atoms with Crippen molar-refractivity contribution in [2.75, 3.05) is 23.9 Å². The highest BCUT2D eigenvalue weighted by Gasteiger charge is 2.52. The Labute approximate surface area is 165 Å². The van der Waals surface area contributed by atoms with Crippen LogP contribution in [-0.4, -0.2) is 25.5 Å². The van der Waals surface area contributed by atoms with Gasteiger partial charge in [-0.05, 0) is 62.4 Å². The van der Waals surface area contributed by atoms with Crippen LogP contribution in [0.1, 0.15) is 43.2 Å². The lowest BCUT2D eigenvalue weighted by Crippen LogP contribution is -2.35. The van der Waals surface area contributed by atoms with Gasteiger partial charge in [-0.2, -0.15) is 0 Å². The Morgan fingerprint density at radius 3 is 2.61 bits per heavy atom. The molecule has 0 bridgehead atoms. The molecular formula is C23H26N2O3. The highest BCUT2D eigenvalue weighted by atomic mass is 16.5. The van der Waals surface area contributed by atoms with Crippen molar-refractivity contribution in [1.82, 2.24) is 0 Å². The first-order chi connectivity index (χ1) is 13.5. The molecule has 1 N–H and O–H groups in total. The molecule has 2 amide bonds. The van der Waals surface area contributed by atoms with Crippen LogP contribution < -0.4 is 15.0 Å². The van der Waals surface area contributed by atoms with Crippen LogP contribution in [0.2, 0.25) is 0 Å². The summed E-state index contributed by atoms with van der Waals surface area (Å²) in [5.74, 6) is 0.933. The number of amides is 2. The van der Waals surface area contributed by atoms with E-state index in [1.54, 1.807) is 7.11 Å². The molecule has 2 aliphatic rings. The first-order valence-corrected chi connectivity index (χ1v) is 9.91. The van der Waals surface area contributed by atoms with Crippen molar-refractivity contribution in [3.05, 3.63) is 53.6 Å². The molecule has 28 heavy (non-hydrogen) atoms. The van der Waals surface area contributed by atoms with Crippen LogP contribution in [0.3, 0.4) is 0 Å². The van der Waals surface area contributed by atoms with E-state index in [1.807, 2.05) is 54.3 Å². The van der Waals surface area contributed by atoms with E-state index < -0.39 is 5.41 Å². The molecule has 2 fully saturated rings. The van der Waals surface area contributed by atoms with E-state index in [4.69, 9.17) is 4.74 Å². The quantitative estimate of drug-likeness (QED) is 0.849. The summed E-state index contributed by atoms with van der Waals surface area (Å²) >= 11 is 0. The molecule has 5 nitrogen and oxygen atoms in total. The van der Waals surface area contributed by atoms with Gasteiger partial charge in [0.25, 0.3) is 0 Å². The minimum absolute atomic E-state index is 0.00167. The third-order valence-corrected chi connectivity index (χ3v) is 5.88. The molecule has 0 atom stereocenters. The first kappa shape index (κ1) is 18.5. The Bertz CT molecular complexity index is 918. The second kappa shape index (κ2) is 7.30. The van der Waals surface area contributed by atoms with E-state index >= 15 is 0 Å². The number of rotatable bonds is 5. The van der Waals surface area contributed by atoms with Crippen molar-refractivity contribution in [2.24, 2.45) is 0 Å². The van der Waals surface area contributed by atoms with Gasteiger partial charge in [0, 0.05) is 29.9 Å². The summed E-state index contributed by atoms with van der Waals surface area (Å²) in [7, 11) is 1.64. The van der Waals surface area contributed by atoms with E-state index in [0.29, 0.717) is 6.42 Å². The van der Waals surface area contributed by atoms with Crippen LogP contribution >= 0.6 is 0 Å². The number of aryl methyl sites for hydroxylation is 1. The van der Waals surface area contributed by atoms with Gasteiger partial charge >= 0.3 is 0 Å².